The lowest BCUT2D eigenvalue weighted by molar-refractivity contribution is -0.0581. The van der Waals surface area contributed by atoms with E-state index in [2.05, 4.69) is 25.1 Å². The highest BCUT2D eigenvalue weighted by Gasteiger charge is 2.55. The summed E-state index contributed by atoms with van der Waals surface area (Å²) in [5.74, 6) is 0.725. The summed E-state index contributed by atoms with van der Waals surface area (Å²) in [6.45, 7) is 2.22. The van der Waals surface area contributed by atoms with Gasteiger partial charge < -0.3 is 5.11 Å². The zero-order valence-electron chi connectivity index (χ0n) is 12.2. The molecule has 1 atom stereocenters. The van der Waals surface area contributed by atoms with Crippen LogP contribution >= 0.6 is 0 Å². The number of hydrogen-bond acceptors (Lipinski definition) is 2. The first kappa shape index (κ1) is 13.6. The standard InChI is InChI=1S/C18H23NO/c1-2-14-7-11-18(20,12-8-14)17(13-19)10-9-15-5-3-4-6-16(15)17/h3-6,14,20H,2,7-12H2,1H3. The Labute approximate surface area is 121 Å². The normalized spacial score (nSPS) is 36.4. The molecule has 2 aliphatic carbocycles. The lowest BCUT2D eigenvalue weighted by Crippen LogP contribution is -2.51. The van der Waals surface area contributed by atoms with Gasteiger partial charge in [-0.15, -0.1) is 0 Å². The van der Waals surface area contributed by atoms with Gasteiger partial charge in [-0.25, -0.2) is 0 Å². The van der Waals surface area contributed by atoms with Crippen LogP contribution in [0.15, 0.2) is 24.3 Å². The molecule has 0 saturated heterocycles. The van der Waals surface area contributed by atoms with Gasteiger partial charge in [0, 0.05) is 0 Å². The van der Waals surface area contributed by atoms with E-state index in [1.165, 1.54) is 12.0 Å². The molecule has 0 amide bonds. The van der Waals surface area contributed by atoms with Crippen molar-refractivity contribution in [3.8, 4) is 6.07 Å². The molecule has 0 aliphatic heterocycles. The Kier molecular flexibility index (Phi) is 3.34. The van der Waals surface area contributed by atoms with Crippen molar-refractivity contribution in [2.75, 3.05) is 0 Å². The predicted octanol–water partition coefficient (Wildman–Crippen LogP) is 3.73. The van der Waals surface area contributed by atoms with Crippen molar-refractivity contribution in [3.05, 3.63) is 35.4 Å². The largest absolute Gasteiger partial charge is 0.388 e. The molecule has 2 nitrogen and oxygen atoms in total. The minimum absolute atomic E-state index is 0.678. The van der Waals surface area contributed by atoms with Crippen molar-refractivity contribution in [3.63, 3.8) is 0 Å². The van der Waals surface area contributed by atoms with E-state index in [0.717, 1.165) is 50.0 Å². The molecule has 2 aliphatic rings. The first-order valence-electron chi connectivity index (χ1n) is 7.87. The summed E-state index contributed by atoms with van der Waals surface area (Å²) in [6, 6.07) is 10.7. The van der Waals surface area contributed by atoms with Crippen LogP contribution in [0.5, 0.6) is 0 Å². The smallest absolute Gasteiger partial charge is 0.111 e. The van der Waals surface area contributed by atoms with Crippen LogP contribution < -0.4 is 0 Å². The molecule has 1 aromatic carbocycles. The van der Waals surface area contributed by atoms with Crippen LogP contribution in [0, 0.1) is 17.2 Å². The van der Waals surface area contributed by atoms with Gasteiger partial charge in [-0.2, -0.15) is 5.26 Å². The van der Waals surface area contributed by atoms with Gasteiger partial charge in [-0.05, 0) is 55.6 Å². The van der Waals surface area contributed by atoms with Crippen molar-refractivity contribution < 1.29 is 5.11 Å². The first-order valence-corrected chi connectivity index (χ1v) is 7.87. The highest BCUT2D eigenvalue weighted by atomic mass is 16.3. The molecular formula is C18H23NO. The van der Waals surface area contributed by atoms with E-state index in [9.17, 15) is 10.4 Å². The maximum absolute atomic E-state index is 11.3. The molecule has 3 rings (SSSR count). The second kappa shape index (κ2) is 4.90. The van der Waals surface area contributed by atoms with Gasteiger partial charge in [-0.3, -0.25) is 0 Å². The van der Waals surface area contributed by atoms with Gasteiger partial charge in [0.05, 0.1) is 11.7 Å². The van der Waals surface area contributed by atoms with Crippen LogP contribution in [-0.2, 0) is 11.8 Å². The minimum atomic E-state index is -0.833. The molecule has 2 heteroatoms. The van der Waals surface area contributed by atoms with Gasteiger partial charge in [0.15, 0.2) is 0 Å². The third-order valence-corrected chi connectivity index (χ3v) is 5.74. The third-order valence-electron chi connectivity index (χ3n) is 5.74. The summed E-state index contributed by atoms with van der Waals surface area (Å²) in [5.41, 5.74) is 0.822. The summed E-state index contributed by atoms with van der Waals surface area (Å²) < 4.78 is 0. The molecule has 1 saturated carbocycles. The van der Waals surface area contributed by atoms with E-state index in [4.69, 9.17) is 0 Å². The van der Waals surface area contributed by atoms with E-state index in [-0.39, 0.29) is 0 Å². The van der Waals surface area contributed by atoms with Crippen molar-refractivity contribution in [1.29, 1.82) is 5.26 Å². The van der Waals surface area contributed by atoms with E-state index < -0.39 is 11.0 Å². The highest BCUT2D eigenvalue weighted by Crippen LogP contribution is 2.52. The van der Waals surface area contributed by atoms with Crippen LogP contribution in [0.4, 0.5) is 0 Å². The molecule has 1 unspecified atom stereocenters. The van der Waals surface area contributed by atoms with E-state index in [0.29, 0.717) is 0 Å². The average Bonchev–Trinajstić information content (AvgIpc) is 2.88. The highest BCUT2D eigenvalue weighted by molar-refractivity contribution is 5.47. The van der Waals surface area contributed by atoms with Gasteiger partial charge in [0.1, 0.15) is 5.41 Å². The molecule has 0 bridgehead atoms. The second-order valence-corrected chi connectivity index (χ2v) is 6.56. The minimum Gasteiger partial charge on any atom is -0.388 e. The Bertz CT molecular complexity index is 537. The monoisotopic (exact) mass is 269 g/mol. The molecule has 0 aromatic heterocycles. The SMILES string of the molecule is CCC1CCC(O)(C2(C#N)CCc3ccccc32)CC1. The molecular weight excluding hydrogens is 246 g/mol. The number of aliphatic hydroxyl groups is 1. The van der Waals surface area contributed by atoms with E-state index in [1.54, 1.807) is 0 Å². The van der Waals surface area contributed by atoms with Crippen LogP contribution in [0.3, 0.4) is 0 Å². The number of fused-ring (bicyclic) bond motifs is 1. The molecule has 20 heavy (non-hydrogen) atoms. The van der Waals surface area contributed by atoms with Crippen molar-refractivity contribution in [2.45, 2.75) is 62.9 Å². The number of rotatable bonds is 2. The fourth-order valence-corrected chi connectivity index (χ4v) is 4.31. The Morgan fingerprint density at radius 3 is 2.60 bits per heavy atom. The fourth-order valence-electron chi connectivity index (χ4n) is 4.31. The van der Waals surface area contributed by atoms with Crippen LogP contribution in [0.2, 0.25) is 0 Å². The maximum Gasteiger partial charge on any atom is 0.111 e. The Balaban J connectivity index is 1.98. The summed E-state index contributed by atoms with van der Waals surface area (Å²) in [6.07, 6.45) is 6.53. The second-order valence-electron chi connectivity index (χ2n) is 6.56. The summed E-state index contributed by atoms with van der Waals surface area (Å²) in [7, 11) is 0. The molecule has 1 N–H and O–H groups in total. The Morgan fingerprint density at radius 2 is 1.95 bits per heavy atom. The molecule has 106 valence electrons. The maximum atomic E-state index is 11.3. The van der Waals surface area contributed by atoms with Gasteiger partial charge in [-0.1, -0.05) is 37.6 Å². The predicted molar refractivity (Wildman–Crippen MR) is 79.3 cm³/mol. The zero-order valence-corrected chi connectivity index (χ0v) is 12.2. The van der Waals surface area contributed by atoms with Crippen molar-refractivity contribution >= 4 is 0 Å². The van der Waals surface area contributed by atoms with E-state index >= 15 is 0 Å². The van der Waals surface area contributed by atoms with Crippen LogP contribution in [-0.4, -0.2) is 10.7 Å². The molecule has 1 fully saturated rings. The third kappa shape index (κ3) is 1.80. The summed E-state index contributed by atoms with van der Waals surface area (Å²) >= 11 is 0. The lowest BCUT2D eigenvalue weighted by Gasteiger charge is -2.45. The van der Waals surface area contributed by atoms with Crippen molar-refractivity contribution in [1.82, 2.24) is 0 Å². The first-order chi connectivity index (χ1) is 9.65. The quantitative estimate of drug-likeness (QED) is 0.889. The van der Waals surface area contributed by atoms with Gasteiger partial charge >= 0.3 is 0 Å². The lowest BCUT2D eigenvalue weighted by atomic mass is 9.61. The fraction of sp³-hybridized carbons (Fsp3) is 0.611. The Hall–Kier alpha value is -1.33. The number of aryl methyl sites for hydroxylation is 1. The number of nitriles is 1. The molecule has 0 heterocycles. The van der Waals surface area contributed by atoms with Crippen molar-refractivity contribution in [2.24, 2.45) is 5.92 Å². The Morgan fingerprint density at radius 1 is 1.25 bits per heavy atom. The number of hydrogen-bond donors (Lipinski definition) is 1. The number of nitrogens with zero attached hydrogens (tertiary/aromatic N) is 1. The molecule has 0 radical (unpaired) electrons. The summed E-state index contributed by atoms with van der Waals surface area (Å²) in [4.78, 5) is 0. The van der Waals surface area contributed by atoms with Crippen LogP contribution in [0.1, 0.15) is 56.6 Å². The van der Waals surface area contributed by atoms with E-state index in [1.807, 2.05) is 12.1 Å². The van der Waals surface area contributed by atoms with Gasteiger partial charge in [0.25, 0.3) is 0 Å². The average molecular weight is 269 g/mol. The molecule has 1 aromatic rings. The molecule has 0 spiro atoms. The van der Waals surface area contributed by atoms with Crippen LogP contribution in [0.25, 0.3) is 0 Å². The van der Waals surface area contributed by atoms with Gasteiger partial charge in [0.2, 0.25) is 0 Å². The number of benzene rings is 1. The topological polar surface area (TPSA) is 44.0 Å². The zero-order chi connectivity index (χ0) is 14.2. The summed E-state index contributed by atoms with van der Waals surface area (Å²) in [5, 5.41) is 21.2.